The molecular formula is C24H28Cl3NO2. The van der Waals surface area contributed by atoms with Gasteiger partial charge in [0.25, 0.3) is 0 Å². The predicted octanol–water partition coefficient (Wildman–Crippen LogP) is 5.63. The van der Waals surface area contributed by atoms with Crippen molar-refractivity contribution in [2.45, 2.75) is 32.0 Å². The predicted molar refractivity (Wildman–Crippen MR) is 135 cm³/mol. The van der Waals surface area contributed by atoms with Crippen molar-refractivity contribution in [2.24, 2.45) is 0 Å². The van der Waals surface area contributed by atoms with Gasteiger partial charge in [0.15, 0.2) is 0 Å². The number of rotatable bonds is 5. The van der Waals surface area contributed by atoms with E-state index in [9.17, 15) is 10.2 Å². The van der Waals surface area contributed by atoms with Gasteiger partial charge in [0, 0.05) is 6.54 Å². The molecule has 3 nitrogen and oxygen atoms in total. The van der Waals surface area contributed by atoms with Crippen LogP contribution in [0.25, 0.3) is 32.3 Å². The summed E-state index contributed by atoms with van der Waals surface area (Å²) in [7, 11) is 0. The normalized spacial score (nSPS) is 13.7. The van der Waals surface area contributed by atoms with Crippen LogP contribution in [0.1, 0.15) is 19.4 Å². The average Bonchev–Trinajstić information content (AvgIpc) is 2.71. The molecular weight excluding hydrogens is 441 g/mol. The maximum Gasteiger partial charge on any atom is 0.0713 e. The molecule has 162 valence electrons. The zero-order chi connectivity index (χ0) is 19.0. The Morgan fingerprint density at radius 3 is 2.00 bits per heavy atom. The van der Waals surface area contributed by atoms with E-state index in [4.69, 9.17) is 0 Å². The van der Waals surface area contributed by atoms with Crippen LogP contribution >= 0.6 is 37.2 Å². The van der Waals surface area contributed by atoms with Crippen LogP contribution in [0, 0.1) is 0 Å². The van der Waals surface area contributed by atoms with Crippen LogP contribution in [0.15, 0.2) is 66.7 Å². The summed E-state index contributed by atoms with van der Waals surface area (Å²) in [4.78, 5) is 0. The monoisotopic (exact) mass is 467 g/mol. The molecule has 4 aromatic rings. The van der Waals surface area contributed by atoms with Crippen molar-refractivity contribution < 1.29 is 10.2 Å². The maximum atomic E-state index is 10.1. The minimum Gasteiger partial charge on any atom is -0.394 e. The lowest BCUT2D eigenvalue weighted by Crippen LogP contribution is -2.53. The minimum atomic E-state index is -0.741. The van der Waals surface area contributed by atoms with E-state index in [1.54, 1.807) is 6.92 Å². The van der Waals surface area contributed by atoms with Gasteiger partial charge in [-0.2, -0.15) is 0 Å². The van der Waals surface area contributed by atoms with Crippen LogP contribution in [0.5, 0.6) is 0 Å². The molecule has 0 saturated carbocycles. The Hall–Kier alpha value is -1.59. The smallest absolute Gasteiger partial charge is 0.0713 e. The quantitative estimate of drug-likeness (QED) is 0.333. The van der Waals surface area contributed by atoms with Gasteiger partial charge in [-0.25, -0.2) is 0 Å². The Bertz CT molecular complexity index is 1130. The van der Waals surface area contributed by atoms with Gasteiger partial charge in [0.05, 0.1) is 18.2 Å². The number of fused-ring (bicyclic) bond motifs is 5. The van der Waals surface area contributed by atoms with Gasteiger partial charge in [-0.1, -0.05) is 60.7 Å². The van der Waals surface area contributed by atoms with E-state index in [-0.39, 0.29) is 43.8 Å². The first kappa shape index (κ1) is 26.4. The Morgan fingerprint density at radius 2 is 1.37 bits per heavy atom. The molecule has 0 aliphatic rings. The molecule has 0 aliphatic heterocycles. The number of hydrogen-bond donors (Lipinski definition) is 3. The Balaban J connectivity index is 0.00000150. The summed E-state index contributed by atoms with van der Waals surface area (Å²) in [5, 5.41) is 30.5. The van der Waals surface area contributed by atoms with Gasteiger partial charge in [-0.05, 0) is 57.8 Å². The van der Waals surface area contributed by atoms with Gasteiger partial charge in [-0.3, -0.25) is 0 Å². The number of aliphatic hydroxyl groups excluding tert-OH is 2. The lowest BCUT2D eigenvalue weighted by atomic mass is 9.92. The highest BCUT2D eigenvalue weighted by molar-refractivity contribution is 6.18. The van der Waals surface area contributed by atoms with Crippen molar-refractivity contribution in [3.63, 3.8) is 0 Å². The highest BCUT2D eigenvalue weighted by atomic mass is 35.5. The lowest BCUT2D eigenvalue weighted by Gasteiger charge is -2.32. The third-order valence-corrected chi connectivity index (χ3v) is 5.79. The molecule has 30 heavy (non-hydrogen) atoms. The molecule has 0 amide bonds. The highest BCUT2D eigenvalue weighted by Crippen LogP contribution is 2.33. The fraction of sp³-hybridized carbons (Fsp3) is 0.250. The Kier molecular flexibility index (Phi) is 9.37. The topological polar surface area (TPSA) is 52.5 Å². The van der Waals surface area contributed by atoms with Crippen molar-refractivity contribution in [3.05, 3.63) is 72.3 Å². The summed E-state index contributed by atoms with van der Waals surface area (Å²) in [6.07, 6.45) is -0.657. The van der Waals surface area contributed by atoms with E-state index in [0.29, 0.717) is 6.54 Å². The summed E-state index contributed by atoms with van der Waals surface area (Å²) >= 11 is 0. The van der Waals surface area contributed by atoms with Crippen LogP contribution in [-0.2, 0) is 6.54 Å². The molecule has 6 heteroatoms. The summed E-state index contributed by atoms with van der Waals surface area (Å²) in [6.45, 7) is 3.99. The van der Waals surface area contributed by atoms with Crippen molar-refractivity contribution in [1.29, 1.82) is 0 Å². The van der Waals surface area contributed by atoms with E-state index < -0.39 is 11.6 Å². The van der Waals surface area contributed by atoms with Crippen molar-refractivity contribution >= 4 is 69.5 Å². The standard InChI is InChI=1S/C24H25NO2.3ClH/c1-16(27)24(2,15-26)25-14-18-13-23-19-8-4-3-7-17(19)11-12-22(23)21-10-6-5-9-20(18)21;;;/h3-13,16,25-27H,14-15H2,1-2H3;3*1H/t16-,24+;;;/m0.../s1. The molecule has 0 aromatic heterocycles. The average molecular weight is 469 g/mol. The zero-order valence-corrected chi connectivity index (χ0v) is 19.4. The first-order valence-electron chi connectivity index (χ1n) is 9.39. The molecule has 0 fully saturated rings. The molecule has 0 aliphatic carbocycles. The molecule has 4 rings (SSSR count). The molecule has 0 heterocycles. The third kappa shape index (κ3) is 4.67. The van der Waals surface area contributed by atoms with E-state index in [0.717, 1.165) is 5.56 Å². The summed E-state index contributed by atoms with van der Waals surface area (Å²) in [6, 6.07) is 23.5. The second kappa shape index (κ2) is 10.6. The molecule has 4 aromatic carbocycles. The van der Waals surface area contributed by atoms with Crippen LogP contribution < -0.4 is 5.32 Å². The van der Waals surface area contributed by atoms with Crippen molar-refractivity contribution in [1.82, 2.24) is 5.32 Å². The van der Waals surface area contributed by atoms with E-state index in [2.05, 4.69) is 72.0 Å². The second-order valence-corrected chi connectivity index (χ2v) is 7.57. The van der Waals surface area contributed by atoms with Gasteiger partial charge in [-0.15, -0.1) is 37.2 Å². The van der Waals surface area contributed by atoms with Gasteiger partial charge < -0.3 is 15.5 Å². The van der Waals surface area contributed by atoms with Gasteiger partial charge in [0.1, 0.15) is 0 Å². The van der Waals surface area contributed by atoms with Gasteiger partial charge in [0.2, 0.25) is 0 Å². The van der Waals surface area contributed by atoms with Crippen molar-refractivity contribution in [3.8, 4) is 0 Å². The van der Waals surface area contributed by atoms with Crippen LogP contribution in [0.3, 0.4) is 0 Å². The molecule has 2 atom stereocenters. The largest absolute Gasteiger partial charge is 0.394 e. The number of halogens is 3. The number of nitrogens with one attached hydrogen (secondary N) is 1. The Morgan fingerprint density at radius 1 is 0.800 bits per heavy atom. The van der Waals surface area contributed by atoms with Crippen LogP contribution in [-0.4, -0.2) is 28.5 Å². The number of benzene rings is 4. The molecule has 3 N–H and O–H groups in total. The maximum absolute atomic E-state index is 10.1. The molecule has 0 unspecified atom stereocenters. The zero-order valence-electron chi connectivity index (χ0n) is 17.0. The molecule has 0 saturated heterocycles. The summed E-state index contributed by atoms with van der Waals surface area (Å²) in [5.41, 5.74) is 0.421. The van der Waals surface area contributed by atoms with Gasteiger partial charge >= 0.3 is 0 Å². The molecule has 0 spiro atoms. The Labute approximate surface area is 195 Å². The molecule has 0 bridgehead atoms. The van der Waals surface area contributed by atoms with E-state index in [1.165, 1.54) is 32.3 Å². The number of aliphatic hydroxyl groups is 2. The molecule has 0 radical (unpaired) electrons. The SMILES string of the molecule is C[C@H](O)[C@@](C)(CO)NCc1cc2c3ccccc3ccc2c2ccccc12.Cl.Cl.Cl. The summed E-state index contributed by atoms with van der Waals surface area (Å²) in [5.74, 6) is 0. The van der Waals surface area contributed by atoms with E-state index in [1.807, 2.05) is 6.92 Å². The highest BCUT2D eigenvalue weighted by Gasteiger charge is 2.28. The van der Waals surface area contributed by atoms with Crippen molar-refractivity contribution in [2.75, 3.05) is 6.61 Å². The van der Waals surface area contributed by atoms with Crippen LogP contribution in [0.4, 0.5) is 0 Å². The first-order valence-corrected chi connectivity index (χ1v) is 9.39. The summed E-state index contributed by atoms with van der Waals surface area (Å²) < 4.78 is 0. The van der Waals surface area contributed by atoms with E-state index >= 15 is 0 Å². The lowest BCUT2D eigenvalue weighted by molar-refractivity contribution is 0.0404. The number of hydrogen-bond acceptors (Lipinski definition) is 3. The minimum absolute atomic E-state index is 0. The van der Waals surface area contributed by atoms with Crippen LogP contribution in [0.2, 0.25) is 0 Å². The third-order valence-electron chi connectivity index (χ3n) is 5.79. The fourth-order valence-electron chi connectivity index (χ4n) is 3.72. The second-order valence-electron chi connectivity index (χ2n) is 7.57. The fourth-order valence-corrected chi connectivity index (χ4v) is 3.72. The first-order chi connectivity index (χ1) is 13.0.